The quantitative estimate of drug-likeness (QED) is 0.451. The minimum Gasteiger partial charge on any atom is -0.456 e. The van der Waals surface area contributed by atoms with E-state index in [-0.39, 0.29) is 18.3 Å². The fourth-order valence-electron chi connectivity index (χ4n) is 3.69. The molecule has 2 aromatic carbocycles. The van der Waals surface area contributed by atoms with Crippen molar-refractivity contribution in [1.82, 2.24) is 19.9 Å². The number of ketones is 1. The summed E-state index contributed by atoms with van der Waals surface area (Å²) in [4.78, 5) is 41.2. The molecule has 1 amide bonds. The van der Waals surface area contributed by atoms with Gasteiger partial charge in [0.2, 0.25) is 0 Å². The Bertz CT molecular complexity index is 1100. The molecule has 2 heterocycles. The Kier molecular flexibility index (Phi) is 5.88. The first-order chi connectivity index (χ1) is 15.0. The second kappa shape index (κ2) is 8.91. The SMILES string of the molecule is Cc1ccc(-n2nccn2)c(C(=O)N2CCCC2C(=O)OCC(=O)c2ccccc2)c1. The molecule has 0 spiro atoms. The molecule has 1 aliphatic heterocycles. The predicted octanol–water partition coefficient (Wildman–Crippen LogP) is 2.61. The van der Waals surface area contributed by atoms with Gasteiger partial charge in [-0.25, -0.2) is 4.79 Å². The average molecular weight is 418 g/mol. The zero-order valence-electron chi connectivity index (χ0n) is 17.1. The van der Waals surface area contributed by atoms with Gasteiger partial charge in [0, 0.05) is 12.1 Å². The topological polar surface area (TPSA) is 94.4 Å². The third-order valence-corrected chi connectivity index (χ3v) is 5.24. The third kappa shape index (κ3) is 4.37. The van der Waals surface area contributed by atoms with Gasteiger partial charge in [-0.2, -0.15) is 15.0 Å². The van der Waals surface area contributed by atoms with Crippen LogP contribution in [0, 0.1) is 6.92 Å². The molecule has 0 bridgehead atoms. The van der Waals surface area contributed by atoms with E-state index in [0.717, 1.165) is 5.56 Å². The van der Waals surface area contributed by atoms with Crippen molar-refractivity contribution in [2.45, 2.75) is 25.8 Å². The van der Waals surface area contributed by atoms with Crippen LogP contribution in [0.5, 0.6) is 0 Å². The van der Waals surface area contributed by atoms with Crippen molar-refractivity contribution in [1.29, 1.82) is 0 Å². The van der Waals surface area contributed by atoms with Crippen molar-refractivity contribution in [3.05, 3.63) is 77.6 Å². The van der Waals surface area contributed by atoms with Crippen LogP contribution in [0.15, 0.2) is 60.9 Å². The Balaban J connectivity index is 1.50. The number of likely N-dealkylation sites (tertiary alicyclic amines) is 1. The molecule has 158 valence electrons. The van der Waals surface area contributed by atoms with Gasteiger partial charge in [-0.1, -0.05) is 42.0 Å². The van der Waals surface area contributed by atoms with E-state index in [9.17, 15) is 14.4 Å². The number of aromatic nitrogens is 3. The maximum Gasteiger partial charge on any atom is 0.329 e. The van der Waals surface area contributed by atoms with E-state index in [1.54, 1.807) is 36.4 Å². The second-order valence-electron chi connectivity index (χ2n) is 7.39. The molecule has 0 aliphatic carbocycles. The first-order valence-electron chi connectivity index (χ1n) is 10.1. The number of Topliss-reactive ketones (excluding diaryl/α,β-unsaturated/α-hetero) is 1. The summed E-state index contributed by atoms with van der Waals surface area (Å²) in [6.45, 7) is 1.97. The van der Waals surface area contributed by atoms with Crippen LogP contribution in [0.1, 0.15) is 39.1 Å². The molecule has 1 fully saturated rings. The summed E-state index contributed by atoms with van der Waals surface area (Å²) in [5.74, 6) is -1.14. The van der Waals surface area contributed by atoms with E-state index in [0.29, 0.717) is 36.2 Å². The highest BCUT2D eigenvalue weighted by molar-refractivity contribution is 6.01. The summed E-state index contributed by atoms with van der Waals surface area (Å²) in [7, 11) is 0. The van der Waals surface area contributed by atoms with Gasteiger partial charge in [0.05, 0.1) is 23.6 Å². The third-order valence-electron chi connectivity index (χ3n) is 5.24. The van der Waals surface area contributed by atoms with E-state index in [4.69, 9.17) is 4.74 Å². The van der Waals surface area contributed by atoms with Gasteiger partial charge >= 0.3 is 5.97 Å². The lowest BCUT2D eigenvalue weighted by atomic mass is 10.1. The number of esters is 1. The monoisotopic (exact) mass is 418 g/mol. The van der Waals surface area contributed by atoms with Crippen LogP contribution in [-0.4, -0.2) is 56.7 Å². The number of carbonyl (C=O) groups excluding carboxylic acids is 3. The van der Waals surface area contributed by atoms with Gasteiger partial charge in [0.1, 0.15) is 6.04 Å². The van der Waals surface area contributed by atoms with Gasteiger partial charge < -0.3 is 9.64 Å². The molecule has 1 atom stereocenters. The number of aryl methyl sites for hydroxylation is 1. The normalized spacial score (nSPS) is 15.6. The Morgan fingerprint density at radius 3 is 2.55 bits per heavy atom. The molecular formula is C23H22N4O4. The number of carbonyl (C=O) groups is 3. The van der Waals surface area contributed by atoms with Crippen molar-refractivity contribution in [2.75, 3.05) is 13.2 Å². The van der Waals surface area contributed by atoms with Crippen molar-refractivity contribution in [2.24, 2.45) is 0 Å². The number of rotatable bonds is 6. The summed E-state index contributed by atoms with van der Waals surface area (Å²) in [6.07, 6.45) is 4.24. The Hall–Kier alpha value is -3.81. The van der Waals surface area contributed by atoms with Crippen LogP contribution in [0.25, 0.3) is 5.69 Å². The first kappa shape index (κ1) is 20.5. The van der Waals surface area contributed by atoms with Crippen LogP contribution >= 0.6 is 0 Å². The number of hydrogen-bond donors (Lipinski definition) is 0. The molecule has 1 unspecified atom stereocenters. The highest BCUT2D eigenvalue weighted by atomic mass is 16.5. The highest BCUT2D eigenvalue weighted by Gasteiger charge is 2.37. The standard InChI is InChI=1S/C23H22N4O4/c1-16-9-10-19(27-24-11-12-25-27)18(14-16)22(29)26-13-5-8-20(26)23(30)31-15-21(28)17-6-3-2-4-7-17/h2-4,6-7,9-12,14,20H,5,8,13,15H2,1H3. The molecular weight excluding hydrogens is 396 g/mol. The molecule has 4 rings (SSSR count). The number of ether oxygens (including phenoxy) is 1. The van der Waals surface area contributed by atoms with Crippen molar-refractivity contribution >= 4 is 17.7 Å². The fraction of sp³-hybridized carbons (Fsp3) is 0.261. The largest absolute Gasteiger partial charge is 0.456 e. The summed E-state index contributed by atoms with van der Waals surface area (Å²) in [5.41, 5.74) is 2.34. The van der Waals surface area contributed by atoms with Gasteiger partial charge in [-0.15, -0.1) is 0 Å². The van der Waals surface area contributed by atoms with E-state index < -0.39 is 12.0 Å². The van der Waals surface area contributed by atoms with E-state index in [1.807, 2.05) is 19.1 Å². The lowest BCUT2D eigenvalue weighted by Crippen LogP contribution is -2.42. The Labute approximate surface area is 179 Å². The molecule has 1 aliphatic rings. The van der Waals surface area contributed by atoms with Crippen molar-refractivity contribution in [3.8, 4) is 5.69 Å². The summed E-state index contributed by atoms with van der Waals surface area (Å²) < 4.78 is 5.27. The minimum atomic E-state index is -0.727. The molecule has 3 aromatic rings. The fourth-order valence-corrected chi connectivity index (χ4v) is 3.69. The van der Waals surface area contributed by atoms with Crippen LogP contribution in [0.3, 0.4) is 0 Å². The summed E-state index contributed by atoms with van der Waals surface area (Å²) in [6, 6.07) is 13.3. The van der Waals surface area contributed by atoms with E-state index >= 15 is 0 Å². The number of benzene rings is 2. The smallest absolute Gasteiger partial charge is 0.329 e. The Morgan fingerprint density at radius 2 is 1.81 bits per heavy atom. The minimum absolute atomic E-state index is 0.282. The highest BCUT2D eigenvalue weighted by Crippen LogP contribution is 2.24. The zero-order chi connectivity index (χ0) is 21.8. The van der Waals surface area contributed by atoms with Crippen molar-refractivity contribution in [3.63, 3.8) is 0 Å². The molecule has 0 N–H and O–H groups in total. The molecule has 8 heteroatoms. The molecule has 0 saturated carbocycles. The lowest BCUT2D eigenvalue weighted by Gasteiger charge is -2.24. The first-order valence-corrected chi connectivity index (χ1v) is 10.1. The summed E-state index contributed by atoms with van der Waals surface area (Å²) >= 11 is 0. The van der Waals surface area contributed by atoms with Crippen LogP contribution in [-0.2, 0) is 9.53 Å². The number of hydrogen-bond acceptors (Lipinski definition) is 6. The zero-order valence-corrected chi connectivity index (χ0v) is 17.1. The number of amides is 1. The van der Waals surface area contributed by atoms with Crippen LogP contribution < -0.4 is 0 Å². The van der Waals surface area contributed by atoms with Gasteiger partial charge in [-0.05, 0) is 31.9 Å². The predicted molar refractivity (Wildman–Crippen MR) is 112 cm³/mol. The van der Waals surface area contributed by atoms with Crippen molar-refractivity contribution < 1.29 is 19.1 Å². The lowest BCUT2D eigenvalue weighted by molar-refractivity contribution is -0.147. The van der Waals surface area contributed by atoms with E-state index in [1.165, 1.54) is 22.1 Å². The molecule has 1 aromatic heterocycles. The molecule has 31 heavy (non-hydrogen) atoms. The molecule has 8 nitrogen and oxygen atoms in total. The van der Waals surface area contributed by atoms with Crippen LogP contribution in [0.4, 0.5) is 0 Å². The summed E-state index contributed by atoms with van der Waals surface area (Å²) in [5, 5.41) is 8.25. The average Bonchev–Trinajstić information content (AvgIpc) is 3.49. The molecule has 0 radical (unpaired) electrons. The maximum atomic E-state index is 13.4. The maximum absolute atomic E-state index is 13.4. The van der Waals surface area contributed by atoms with E-state index in [2.05, 4.69) is 10.2 Å². The van der Waals surface area contributed by atoms with Gasteiger partial charge in [0.15, 0.2) is 12.4 Å². The van der Waals surface area contributed by atoms with Gasteiger partial charge in [0.25, 0.3) is 5.91 Å². The van der Waals surface area contributed by atoms with Gasteiger partial charge in [-0.3, -0.25) is 9.59 Å². The van der Waals surface area contributed by atoms with Crippen LogP contribution in [0.2, 0.25) is 0 Å². The molecule has 1 saturated heterocycles. The Morgan fingerprint density at radius 1 is 1.06 bits per heavy atom. The number of nitrogens with zero attached hydrogens (tertiary/aromatic N) is 4. The second-order valence-corrected chi connectivity index (χ2v) is 7.39.